The highest BCUT2D eigenvalue weighted by molar-refractivity contribution is 7.09. The first-order valence-corrected chi connectivity index (χ1v) is 8.39. The quantitative estimate of drug-likeness (QED) is 0.904. The predicted octanol–water partition coefficient (Wildman–Crippen LogP) is 3.15. The number of aromatic nitrogens is 1. The largest absolute Gasteiger partial charge is 0.329 e. The summed E-state index contributed by atoms with van der Waals surface area (Å²) in [5, 5.41) is 8.37. The molecule has 7 heteroatoms. The molecule has 1 aliphatic rings. The van der Waals surface area contributed by atoms with Crippen molar-refractivity contribution in [2.24, 2.45) is 0 Å². The van der Waals surface area contributed by atoms with E-state index < -0.39 is 0 Å². The lowest BCUT2D eigenvalue weighted by molar-refractivity contribution is -0.117. The van der Waals surface area contributed by atoms with Gasteiger partial charge in [-0.05, 0) is 37.6 Å². The van der Waals surface area contributed by atoms with E-state index in [1.54, 1.807) is 23.2 Å². The van der Waals surface area contributed by atoms with Crippen molar-refractivity contribution < 1.29 is 9.59 Å². The van der Waals surface area contributed by atoms with E-state index in [1.807, 2.05) is 24.4 Å². The summed E-state index contributed by atoms with van der Waals surface area (Å²) < 4.78 is 0. The number of carbonyl (C=O) groups is 2. The Kier molecular flexibility index (Phi) is 4.57. The van der Waals surface area contributed by atoms with Crippen molar-refractivity contribution in [3.8, 4) is 0 Å². The molecular formula is C16H18N4O2S. The molecule has 3 amide bonds. The zero-order valence-corrected chi connectivity index (χ0v) is 13.6. The molecule has 1 atom stereocenters. The number of urea groups is 1. The molecule has 1 aliphatic heterocycles. The number of benzene rings is 1. The van der Waals surface area contributed by atoms with E-state index in [4.69, 9.17) is 0 Å². The molecular weight excluding hydrogens is 312 g/mol. The third-order valence-corrected chi connectivity index (χ3v) is 4.64. The second-order valence-corrected chi connectivity index (χ2v) is 6.31. The van der Waals surface area contributed by atoms with Crippen LogP contribution in [0.3, 0.4) is 0 Å². The molecule has 2 aromatic rings. The second-order valence-electron chi connectivity index (χ2n) is 5.39. The van der Waals surface area contributed by atoms with Crippen LogP contribution >= 0.6 is 11.3 Å². The molecule has 0 spiro atoms. The summed E-state index contributed by atoms with van der Waals surface area (Å²) in [6.45, 7) is 2.65. The Labute approximate surface area is 138 Å². The number of nitrogens with one attached hydrogen (secondary N) is 2. The van der Waals surface area contributed by atoms with Gasteiger partial charge in [-0.25, -0.2) is 9.78 Å². The zero-order chi connectivity index (χ0) is 16.2. The number of thiazole rings is 1. The maximum Gasteiger partial charge on any atom is 0.319 e. The number of anilines is 2. The monoisotopic (exact) mass is 330 g/mol. The summed E-state index contributed by atoms with van der Waals surface area (Å²) in [6.07, 6.45) is 3.22. The first-order chi connectivity index (χ1) is 11.1. The smallest absolute Gasteiger partial charge is 0.319 e. The Morgan fingerprint density at radius 3 is 2.74 bits per heavy atom. The third-order valence-electron chi connectivity index (χ3n) is 3.68. The third kappa shape index (κ3) is 3.68. The summed E-state index contributed by atoms with van der Waals surface area (Å²) >= 11 is 1.50. The summed E-state index contributed by atoms with van der Waals surface area (Å²) in [6, 6.07) is 6.88. The van der Waals surface area contributed by atoms with Crippen molar-refractivity contribution in [3.05, 3.63) is 40.8 Å². The highest BCUT2D eigenvalue weighted by atomic mass is 32.1. The summed E-state index contributed by atoms with van der Waals surface area (Å²) in [4.78, 5) is 29.7. The zero-order valence-electron chi connectivity index (χ0n) is 12.8. The first-order valence-electron chi connectivity index (χ1n) is 7.51. The van der Waals surface area contributed by atoms with Gasteiger partial charge >= 0.3 is 6.03 Å². The fourth-order valence-corrected chi connectivity index (χ4v) is 3.17. The Balaban J connectivity index is 1.57. The average molecular weight is 330 g/mol. The van der Waals surface area contributed by atoms with Gasteiger partial charge in [0.05, 0.1) is 6.04 Å². The molecule has 120 valence electrons. The fourth-order valence-electron chi connectivity index (χ4n) is 2.52. The Hall–Kier alpha value is -2.41. The van der Waals surface area contributed by atoms with Crippen molar-refractivity contribution in [3.63, 3.8) is 0 Å². The Bertz CT molecular complexity index is 685. The van der Waals surface area contributed by atoms with Crippen molar-refractivity contribution in [2.75, 3.05) is 16.8 Å². The van der Waals surface area contributed by atoms with Crippen LogP contribution in [0.1, 0.15) is 30.8 Å². The summed E-state index contributed by atoms with van der Waals surface area (Å²) in [5.74, 6) is 0.153. The van der Waals surface area contributed by atoms with Gasteiger partial charge in [-0.15, -0.1) is 11.3 Å². The van der Waals surface area contributed by atoms with E-state index in [1.165, 1.54) is 11.3 Å². The topological polar surface area (TPSA) is 74.3 Å². The minimum Gasteiger partial charge on any atom is -0.329 e. The van der Waals surface area contributed by atoms with E-state index in [0.717, 1.165) is 23.7 Å². The minimum atomic E-state index is -0.280. The van der Waals surface area contributed by atoms with Crippen LogP contribution in [-0.2, 0) is 4.79 Å². The number of hydrogen-bond donors (Lipinski definition) is 2. The molecule has 0 aliphatic carbocycles. The molecule has 1 unspecified atom stereocenters. The van der Waals surface area contributed by atoms with Gasteiger partial charge in [0.25, 0.3) is 0 Å². The maximum atomic E-state index is 12.0. The first kappa shape index (κ1) is 15.5. The molecule has 1 aromatic carbocycles. The van der Waals surface area contributed by atoms with Crippen LogP contribution in [-0.4, -0.2) is 23.5 Å². The van der Waals surface area contributed by atoms with Crippen LogP contribution < -0.4 is 15.5 Å². The molecule has 1 fully saturated rings. The molecule has 0 saturated carbocycles. The molecule has 0 radical (unpaired) electrons. The van der Waals surface area contributed by atoms with Crippen molar-refractivity contribution in [1.82, 2.24) is 10.3 Å². The van der Waals surface area contributed by atoms with E-state index in [-0.39, 0.29) is 18.0 Å². The molecule has 23 heavy (non-hydrogen) atoms. The molecule has 1 aromatic heterocycles. The lowest BCUT2D eigenvalue weighted by Gasteiger charge is -2.16. The lowest BCUT2D eigenvalue weighted by atomic mass is 10.2. The van der Waals surface area contributed by atoms with Gasteiger partial charge in [-0.2, -0.15) is 0 Å². The van der Waals surface area contributed by atoms with Crippen LogP contribution in [0.15, 0.2) is 35.8 Å². The summed E-state index contributed by atoms with van der Waals surface area (Å²) in [5.41, 5.74) is 1.55. The maximum absolute atomic E-state index is 12.0. The van der Waals surface area contributed by atoms with Crippen LogP contribution in [0, 0.1) is 0 Å². The highest BCUT2D eigenvalue weighted by Crippen LogP contribution is 2.23. The fraction of sp³-hybridized carbons (Fsp3) is 0.312. The van der Waals surface area contributed by atoms with Gasteiger partial charge < -0.3 is 15.5 Å². The van der Waals surface area contributed by atoms with Gasteiger partial charge in [-0.1, -0.05) is 0 Å². The number of nitrogens with zero attached hydrogens (tertiary/aromatic N) is 2. The van der Waals surface area contributed by atoms with Crippen LogP contribution in [0.2, 0.25) is 0 Å². The molecule has 6 nitrogen and oxygen atoms in total. The lowest BCUT2D eigenvalue weighted by Crippen LogP contribution is -2.31. The SMILES string of the molecule is CC(NC(=O)Nc1ccc(N2CCCC2=O)cc1)c1nccs1. The normalized spacial score (nSPS) is 15.5. The highest BCUT2D eigenvalue weighted by Gasteiger charge is 2.21. The van der Waals surface area contributed by atoms with E-state index in [2.05, 4.69) is 15.6 Å². The van der Waals surface area contributed by atoms with E-state index >= 15 is 0 Å². The predicted molar refractivity (Wildman–Crippen MR) is 90.7 cm³/mol. The van der Waals surface area contributed by atoms with Crippen molar-refractivity contribution in [2.45, 2.75) is 25.8 Å². The molecule has 2 heterocycles. The average Bonchev–Trinajstić information content (AvgIpc) is 3.19. The van der Waals surface area contributed by atoms with Gasteiger partial charge in [0, 0.05) is 35.9 Å². The molecule has 2 N–H and O–H groups in total. The number of carbonyl (C=O) groups excluding carboxylic acids is 2. The van der Waals surface area contributed by atoms with Crippen LogP contribution in [0.5, 0.6) is 0 Å². The van der Waals surface area contributed by atoms with Crippen molar-refractivity contribution >= 4 is 34.6 Å². The van der Waals surface area contributed by atoms with E-state index in [0.29, 0.717) is 12.1 Å². The van der Waals surface area contributed by atoms with Gasteiger partial charge in [0.1, 0.15) is 5.01 Å². The van der Waals surface area contributed by atoms with Crippen molar-refractivity contribution in [1.29, 1.82) is 0 Å². The molecule has 3 rings (SSSR count). The molecule has 0 bridgehead atoms. The molecule has 1 saturated heterocycles. The Morgan fingerprint density at radius 2 is 2.13 bits per heavy atom. The summed E-state index contributed by atoms with van der Waals surface area (Å²) in [7, 11) is 0. The van der Waals surface area contributed by atoms with Gasteiger partial charge in [-0.3, -0.25) is 4.79 Å². The number of amides is 3. The second kappa shape index (κ2) is 6.78. The van der Waals surface area contributed by atoms with Crippen LogP contribution in [0.25, 0.3) is 0 Å². The minimum absolute atomic E-state index is 0.142. The van der Waals surface area contributed by atoms with Gasteiger partial charge in [0.2, 0.25) is 5.91 Å². The van der Waals surface area contributed by atoms with E-state index in [9.17, 15) is 9.59 Å². The van der Waals surface area contributed by atoms with Gasteiger partial charge in [0.15, 0.2) is 0 Å². The standard InChI is InChI=1S/C16H18N4O2S/c1-11(15-17-8-10-23-15)18-16(22)19-12-4-6-13(7-5-12)20-9-2-3-14(20)21/h4-8,10-11H,2-3,9H2,1H3,(H2,18,19,22). The number of rotatable bonds is 4. The van der Waals surface area contributed by atoms with Crippen LogP contribution in [0.4, 0.5) is 16.2 Å². The Morgan fingerprint density at radius 1 is 1.35 bits per heavy atom. The number of hydrogen-bond acceptors (Lipinski definition) is 4.